The van der Waals surface area contributed by atoms with Crippen molar-refractivity contribution in [1.29, 1.82) is 0 Å². The van der Waals surface area contributed by atoms with Gasteiger partial charge in [-0.05, 0) is 66.4 Å². The Morgan fingerprint density at radius 3 is 2.46 bits per heavy atom. The molecule has 4 rings (SSSR count). The molecule has 3 aromatic carbocycles. The number of hydrogen-bond acceptors (Lipinski definition) is 5. The second-order valence-electron chi connectivity index (χ2n) is 8.09. The molecule has 6 nitrogen and oxygen atoms in total. The summed E-state index contributed by atoms with van der Waals surface area (Å²) >= 11 is 7.43. The van der Waals surface area contributed by atoms with Crippen molar-refractivity contribution in [3.8, 4) is 22.8 Å². The third-order valence-electron chi connectivity index (χ3n) is 5.77. The minimum atomic E-state index is -0.115. The fourth-order valence-corrected chi connectivity index (χ4v) is 4.53. The SMILES string of the molecule is CC[C@H](C)c1ccc(NC(=O)CSc2nnc(-c3ccccc3OC)n2-c2ccc(Cl)cc2)cc1. The van der Waals surface area contributed by atoms with E-state index in [9.17, 15) is 4.79 Å². The van der Waals surface area contributed by atoms with Gasteiger partial charge in [0.2, 0.25) is 5.91 Å². The molecule has 0 aliphatic heterocycles. The molecule has 1 aromatic heterocycles. The summed E-state index contributed by atoms with van der Waals surface area (Å²) in [6.45, 7) is 4.36. The number of nitrogens with one attached hydrogen (secondary N) is 1. The van der Waals surface area contributed by atoms with Gasteiger partial charge in [0.05, 0.1) is 18.4 Å². The second-order valence-corrected chi connectivity index (χ2v) is 9.47. The van der Waals surface area contributed by atoms with E-state index in [1.165, 1.54) is 17.3 Å². The van der Waals surface area contributed by atoms with E-state index < -0.39 is 0 Å². The van der Waals surface area contributed by atoms with Crippen LogP contribution in [0.25, 0.3) is 17.1 Å². The first-order valence-corrected chi connectivity index (χ1v) is 12.7. The van der Waals surface area contributed by atoms with Crippen LogP contribution in [0.3, 0.4) is 0 Å². The van der Waals surface area contributed by atoms with Crippen LogP contribution in [0.2, 0.25) is 5.02 Å². The Balaban J connectivity index is 1.56. The van der Waals surface area contributed by atoms with Crippen molar-refractivity contribution < 1.29 is 9.53 Å². The van der Waals surface area contributed by atoms with E-state index >= 15 is 0 Å². The van der Waals surface area contributed by atoms with Gasteiger partial charge in [-0.1, -0.05) is 61.5 Å². The van der Waals surface area contributed by atoms with Gasteiger partial charge in [-0.2, -0.15) is 0 Å². The fraction of sp³-hybridized carbons (Fsp3) is 0.222. The van der Waals surface area contributed by atoms with Gasteiger partial charge in [-0.15, -0.1) is 10.2 Å². The first-order chi connectivity index (χ1) is 17.0. The zero-order valence-corrected chi connectivity index (χ0v) is 21.4. The predicted octanol–water partition coefficient (Wildman–Crippen LogP) is 6.84. The predicted molar refractivity (Wildman–Crippen MR) is 143 cm³/mol. The number of carbonyl (C=O) groups is 1. The number of nitrogens with zero attached hydrogens (tertiary/aromatic N) is 3. The van der Waals surface area contributed by atoms with Crippen LogP contribution in [0.4, 0.5) is 5.69 Å². The Labute approximate surface area is 214 Å². The molecule has 1 N–H and O–H groups in total. The molecular weight excluding hydrogens is 480 g/mol. The van der Waals surface area contributed by atoms with E-state index in [0.29, 0.717) is 27.7 Å². The van der Waals surface area contributed by atoms with Crippen molar-refractivity contribution in [1.82, 2.24) is 14.8 Å². The highest BCUT2D eigenvalue weighted by Crippen LogP contribution is 2.33. The number of para-hydroxylation sites is 1. The van der Waals surface area contributed by atoms with Crippen LogP contribution in [-0.4, -0.2) is 33.5 Å². The molecule has 1 atom stereocenters. The van der Waals surface area contributed by atoms with Crippen LogP contribution >= 0.6 is 23.4 Å². The second kappa shape index (κ2) is 11.4. The molecule has 4 aromatic rings. The van der Waals surface area contributed by atoms with Gasteiger partial charge < -0.3 is 10.1 Å². The summed E-state index contributed by atoms with van der Waals surface area (Å²) in [7, 11) is 1.62. The number of benzene rings is 3. The van der Waals surface area contributed by atoms with E-state index in [2.05, 4.69) is 41.5 Å². The molecule has 0 saturated carbocycles. The minimum Gasteiger partial charge on any atom is -0.496 e. The Morgan fingerprint density at radius 1 is 1.06 bits per heavy atom. The normalized spacial score (nSPS) is 11.8. The molecule has 0 unspecified atom stereocenters. The average Bonchev–Trinajstić information content (AvgIpc) is 3.31. The number of thioether (sulfide) groups is 1. The van der Waals surface area contributed by atoms with Crippen LogP contribution in [0.15, 0.2) is 78.0 Å². The van der Waals surface area contributed by atoms with Gasteiger partial charge in [0.25, 0.3) is 0 Å². The summed E-state index contributed by atoms with van der Waals surface area (Å²) < 4.78 is 7.45. The van der Waals surface area contributed by atoms with Gasteiger partial charge in [0.1, 0.15) is 5.75 Å². The summed E-state index contributed by atoms with van der Waals surface area (Å²) in [6.07, 6.45) is 1.08. The molecule has 0 aliphatic rings. The Bertz CT molecular complexity index is 1290. The number of methoxy groups -OCH3 is 1. The minimum absolute atomic E-state index is 0.115. The molecular formula is C27H27ClN4O2S. The van der Waals surface area contributed by atoms with E-state index in [1.807, 2.05) is 65.2 Å². The first-order valence-electron chi connectivity index (χ1n) is 11.4. The maximum atomic E-state index is 12.7. The molecule has 1 amide bonds. The Kier molecular flexibility index (Phi) is 8.10. The van der Waals surface area contributed by atoms with Crippen LogP contribution in [-0.2, 0) is 4.79 Å². The molecule has 0 bridgehead atoms. The van der Waals surface area contributed by atoms with Gasteiger partial charge in [0.15, 0.2) is 11.0 Å². The highest BCUT2D eigenvalue weighted by atomic mass is 35.5. The lowest BCUT2D eigenvalue weighted by Gasteiger charge is -2.13. The van der Waals surface area contributed by atoms with Crippen LogP contribution in [0, 0.1) is 0 Å². The zero-order valence-electron chi connectivity index (χ0n) is 19.9. The average molecular weight is 507 g/mol. The first kappa shape index (κ1) is 24.8. The van der Waals surface area contributed by atoms with Crippen LogP contribution < -0.4 is 10.1 Å². The number of ether oxygens (including phenoxy) is 1. The highest BCUT2D eigenvalue weighted by Gasteiger charge is 2.20. The topological polar surface area (TPSA) is 69.0 Å². The molecule has 180 valence electrons. The molecule has 0 aliphatic carbocycles. The summed E-state index contributed by atoms with van der Waals surface area (Å²) in [5, 5.41) is 13.0. The van der Waals surface area contributed by atoms with Crippen molar-refractivity contribution in [2.24, 2.45) is 0 Å². The molecule has 8 heteroatoms. The van der Waals surface area contributed by atoms with E-state index in [0.717, 1.165) is 23.4 Å². The van der Waals surface area contributed by atoms with Crippen molar-refractivity contribution in [3.05, 3.63) is 83.4 Å². The summed E-state index contributed by atoms with van der Waals surface area (Å²) in [5.74, 6) is 1.87. The molecule has 0 saturated heterocycles. The number of amides is 1. The van der Waals surface area contributed by atoms with Crippen molar-refractivity contribution in [2.45, 2.75) is 31.3 Å². The number of aromatic nitrogens is 3. The maximum Gasteiger partial charge on any atom is 0.234 e. The quantitative estimate of drug-likeness (QED) is 0.252. The monoisotopic (exact) mass is 506 g/mol. The van der Waals surface area contributed by atoms with Gasteiger partial charge in [0, 0.05) is 16.4 Å². The summed E-state index contributed by atoms with van der Waals surface area (Å²) in [4.78, 5) is 12.7. The maximum absolute atomic E-state index is 12.7. The zero-order chi connectivity index (χ0) is 24.8. The Hall–Kier alpha value is -3.29. The largest absolute Gasteiger partial charge is 0.496 e. The lowest BCUT2D eigenvalue weighted by atomic mass is 9.99. The number of halogens is 1. The fourth-order valence-electron chi connectivity index (χ4n) is 3.65. The summed E-state index contributed by atoms with van der Waals surface area (Å²) in [5.41, 5.74) is 3.68. The third kappa shape index (κ3) is 5.86. The number of carbonyl (C=O) groups excluding carboxylic acids is 1. The molecule has 1 heterocycles. The lowest BCUT2D eigenvalue weighted by Crippen LogP contribution is -2.14. The number of anilines is 1. The molecule has 0 spiro atoms. The van der Waals surface area contributed by atoms with Crippen molar-refractivity contribution in [2.75, 3.05) is 18.2 Å². The van der Waals surface area contributed by atoms with Gasteiger partial charge >= 0.3 is 0 Å². The van der Waals surface area contributed by atoms with E-state index in [-0.39, 0.29) is 11.7 Å². The van der Waals surface area contributed by atoms with E-state index in [4.69, 9.17) is 16.3 Å². The van der Waals surface area contributed by atoms with Crippen LogP contribution in [0.5, 0.6) is 5.75 Å². The lowest BCUT2D eigenvalue weighted by molar-refractivity contribution is -0.113. The Morgan fingerprint density at radius 2 is 1.77 bits per heavy atom. The van der Waals surface area contributed by atoms with Gasteiger partial charge in [-0.3, -0.25) is 9.36 Å². The summed E-state index contributed by atoms with van der Waals surface area (Å²) in [6, 6.07) is 23.1. The third-order valence-corrected chi connectivity index (χ3v) is 6.96. The smallest absolute Gasteiger partial charge is 0.234 e. The van der Waals surface area contributed by atoms with Crippen molar-refractivity contribution >= 4 is 35.0 Å². The number of hydrogen-bond donors (Lipinski definition) is 1. The molecule has 0 fully saturated rings. The standard InChI is InChI=1S/C27H27ClN4O2S/c1-4-18(2)19-9-13-21(14-10-19)29-25(33)17-35-27-31-30-26(23-7-5-6-8-24(23)34-3)32(27)22-15-11-20(28)12-16-22/h5-16,18H,4,17H2,1-3H3,(H,29,33)/t18-/m0/s1. The number of rotatable bonds is 9. The highest BCUT2D eigenvalue weighted by molar-refractivity contribution is 7.99. The molecule has 35 heavy (non-hydrogen) atoms. The van der Waals surface area contributed by atoms with Gasteiger partial charge in [-0.25, -0.2) is 0 Å². The van der Waals surface area contributed by atoms with Crippen LogP contribution in [0.1, 0.15) is 31.7 Å². The van der Waals surface area contributed by atoms with Crippen molar-refractivity contribution in [3.63, 3.8) is 0 Å². The van der Waals surface area contributed by atoms with E-state index in [1.54, 1.807) is 7.11 Å². The molecule has 0 radical (unpaired) electrons.